The molecule has 5 rings (SSSR count). The normalized spacial score (nSPS) is 19.6. The fourth-order valence-electron chi connectivity index (χ4n) is 5.58. The number of para-hydroxylation sites is 2. The van der Waals surface area contributed by atoms with E-state index in [9.17, 15) is 24.6 Å². The van der Waals surface area contributed by atoms with Gasteiger partial charge in [0.25, 0.3) is 0 Å². The lowest BCUT2D eigenvalue weighted by molar-refractivity contribution is -0.123. The van der Waals surface area contributed by atoms with E-state index in [1.807, 2.05) is 24.3 Å². The standard InChI is InChI=1S/C30H31N3O6/c1-14(2)29-32-18-9-7-8-10-19(18)33(29)12-11-31-16(4)22-20(35)13-21-30(6,28(22)38)24-26(37)15(3)25(36)23(17(5)34)27(24)39-21/h7-10,13-14,31,36-37H,11-12H2,1-6H3/b22-16+/t30-/m0/s1. The summed E-state index contributed by atoms with van der Waals surface area (Å²) in [5.41, 5.74) is 0.718. The molecule has 3 aromatic rings. The van der Waals surface area contributed by atoms with Crippen LogP contribution in [0.5, 0.6) is 17.2 Å². The van der Waals surface area contributed by atoms with Gasteiger partial charge in [0.05, 0.1) is 22.2 Å². The average Bonchev–Trinajstić information content (AvgIpc) is 3.39. The van der Waals surface area contributed by atoms with Gasteiger partial charge < -0.3 is 24.8 Å². The second kappa shape index (κ2) is 9.11. The number of aromatic hydroxyl groups is 2. The number of imidazole rings is 1. The third kappa shape index (κ3) is 3.75. The maximum Gasteiger partial charge on any atom is 0.194 e. The van der Waals surface area contributed by atoms with Crippen LogP contribution in [0.25, 0.3) is 11.0 Å². The number of ether oxygens (including phenoxy) is 1. The van der Waals surface area contributed by atoms with Gasteiger partial charge in [-0.15, -0.1) is 0 Å². The number of benzene rings is 2. The Labute approximate surface area is 225 Å². The minimum atomic E-state index is -1.54. The smallest absolute Gasteiger partial charge is 0.194 e. The van der Waals surface area contributed by atoms with E-state index < -0.39 is 28.5 Å². The first-order chi connectivity index (χ1) is 18.4. The molecule has 0 unspecified atom stereocenters. The highest BCUT2D eigenvalue weighted by Gasteiger charge is 2.56. The van der Waals surface area contributed by atoms with Crippen LogP contribution < -0.4 is 10.1 Å². The average molecular weight is 530 g/mol. The summed E-state index contributed by atoms with van der Waals surface area (Å²) in [7, 11) is 0. The molecule has 1 aliphatic heterocycles. The zero-order valence-electron chi connectivity index (χ0n) is 22.8. The number of ketones is 3. The van der Waals surface area contributed by atoms with Crippen LogP contribution in [-0.4, -0.2) is 43.7 Å². The molecule has 0 spiro atoms. The van der Waals surface area contributed by atoms with Gasteiger partial charge in [0, 0.05) is 36.3 Å². The molecule has 9 nitrogen and oxygen atoms in total. The molecule has 0 saturated carbocycles. The number of fused-ring (bicyclic) bond motifs is 4. The molecule has 2 aliphatic rings. The van der Waals surface area contributed by atoms with Crippen molar-refractivity contribution in [3.8, 4) is 17.2 Å². The number of carbonyl (C=O) groups excluding carboxylic acids is 3. The van der Waals surface area contributed by atoms with Crippen LogP contribution in [0, 0.1) is 6.92 Å². The number of hydrogen-bond donors (Lipinski definition) is 3. The molecule has 3 N–H and O–H groups in total. The summed E-state index contributed by atoms with van der Waals surface area (Å²) in [6.07, 6.45) is 1.22. The van der Waals surface area contributed by atoms with E-state index in [0.717, 1.165) is 16.9 Å². The van der Waals surface area contributed by atoms with E-state index in [1.165, 1.54) is 19.9 Å². The van der Waals surface area contributed by atoms with E-state index >= 15 is 0 Å². The lowest BCUT2D eigenvalue weighted by Crippen LogP contribution is -2.41. The number of aromatic nitrogens is 2. The minimum absolute atomic E-state index is 0.0123. The Bertz CT molecular complexity index is 1660. The Balaban J connectivity index is 1.51. The predicted octanol–water partition coefficient (Wildman–Crippen LogP) is 4.33. The zero-order chi connectivity index (χ0) is 28.4. The van der Waals surface area contributed by atoms with Crippen LogP contribution in [-0.2, 0) is 21.5 Å². The quantitative estimate of drug-likeness (QED) is 0.244. The highest BCUT2D eigenvalue weighted by Crippen LogP contribution is 2.57. The highest BCUT2D eigenvalue weighted by atomic mass is 16.5. The van der Waals surface area contributed by atoms with Crippen molar-refractivity contribution in [2.75, 3.05) is 6.54 Å². The van der Waals surface area contributed by atoms with Gasteiger partial charge in [-0.25, -0.2) is 4.98 Å². The van der Waals surface area contributed by atoms with Gasteiger partial charge in [0.1, 0.15) is 39.8 Å². The minimum Gasteiger partial charge on any atom is -0.507 e. The maximum absolute atomic E-state index is 14.0. The van der Waals surface area contributed by atoms with Crippen molar-refractivity contribution < 1.29 is 29.3 Å². The van der Waals surface area contributed by atoms with E-state index in [2.05, 4.69) is 23.7 Å². The van der Waals surface area contributed by atoms with Crippen LogP contribution in [0.4, 0.5) is 0 Å². The molecule has 0 fully saturated rings. The molecule has 2 aromatic carbocycles. The third-order valence-electron chi connectivity index (χ3n) is 7.69. The molecule has 39 heavy (non-hydrogen) atoms. The molecule has 0 saturated heterocycles. The molecular weight excluding hydrogens is 498 g/mol. The molecule has 1 atom stereocenters. The summed E-state index contributed by atoms with van der Waals surface area (Å²) in [5, 5.41) is 24.7. The summed E-state index contributed by atoms with van der Waals surface area (Å²) in [4.78, 5) is 44.3. The number of phenols is 2. The van der Waals surface area contributed by atoms with Crippen LogP contribution in [0.15, 0.2) is 47.4 Å². The van der Waals surface area contributed by atoms with Gasteiger partial charge in [-0.3, -0.25) is 14.4 Å². The van der Waals surface area contributed by atoms with Gasteiger partial charge in [-0.2, -0.15) is 0 Å². The number of allylic oxidation sites excluding steroid dienone is 4. The molecular formula is C30H31N3O6. The predicted molar refractivity (Wildman–Crippen MR) is 145 cm³/mol. The van der Waals surface area contributed by atoms with Gasteiger partial charge >= 0.3 is 0 Å². The van der Waals surface area contributed by atoms with Crippen molar-refractivity contribution in [2.45, 2.75) is 59.4 Å². The lowest BCUT2D eigenvalue weighted by Gasteiger charge is -2.29. The summed E-state index contributed by atoms with van der Waals surface area (Å²) < 4.78 is 7.96. The SMILES string of the molecule is CC(=O)c1c(O)c(C)c(O)c2c1OC1=CC(=O)/C(=C(/C)NCCn3c(C(C)C)nc4ccccc43)C(=O)[C@@]12C. The number of nitrogens with zero attached hydrogens (tertiary/aromatic N) is 2. The Morgan fingerprint density at radius 1 is 1.15 bits per heavy atom. The van der Waals surface area contributed by atoms with Gasteiger partial charge in [0.2, 0.25) is 0 Å². The molecule has 0 radical (unpaired) electrons. The van der Waals surface area contributed by atoms with Crippen molar-refractivity contribution in [1.29, 1.82) is 0 Å². The number of rotatable bonds is 6. The second-order valence-electron chi connectivity index (χ2n) is 10.6. The van der Waals surface area contributed by atoms with E-state index in [-0.39, 0.29) is 45.4 Å². The van der Waals surface area contributed by atoms with Crippen LogP contribution in [0.1, 0.15) is 67.8 Å². The summed E-state index contributed by atoms with van der Waals surface area (Å²) in [6, 6.07) is 7.90. The van der Waals surface area contributed by atoms with Gasteiger partial charge in [-0.1, -0.05) is 26.0 Å². The number of carbonyl (C=O) groups is 3. The Morgan fingerprint density at radius 2 is 1.85 bits per heavy atom. The van der Waals surface area contributed by atoms with Gasteiger partial charge in [0.15, 0.2) is 17.3 Å². The first-order valence-electron chi connectivity index (χ1n) is 12.9. The van der Waals surface area contributed by atoms with Crippen LogP contribution in [0.2, 0.25) is 0 Å². The fraction of sp³-hybridized carbons (Fsp3) is 0.333. The molecule has 1 aliphatic carbocycles. The summed E-state index contributed by atoms with van der Waals surface area (Å²) >= 11 is 0. The molecule has 0 amide bonds. The first kappa shape index (κ1) is 26.2. The number of Topliss-reactive ketones (excluding diaryl/α,β-unsaturated/α-hetero) is 2. The molecule has 2 heterocycles. The molecule has 9 heteroatoms. The topological polar surface area (TPSA) is 131 Å². The van der Waals surface area contributed by atoms with Crippen LogP contribution in [0.3, 0.4) is 0 Å². The van der Waals surface area contributed by atoms with Crippen LogP contribution >= 0.6 is 0 Å². The maximum atomic E-state index is 14.0. The Hall–Kier alpha value is -4.40. The largest absolute Gasteiger partial charge is 0.507 e. The van der Waals surface area contributed by atoms with Crippen molar-refractivity contribution in [3.05, 3.63) is 69.9 Å². The number of phenolic OH excluding ortho intramolecular Hbond substituents is 2. The summed E-state index contributed by atoms with van der Waals surface area (Å²) in [5.74, 6) is -1.28. The second-order valence-corrected chi connectivity index (χ2v) is 10.6. The monoisotopic (exact) mass is 529 g/mol. The van der Waals surface area contributed by atoms with E-state index in [1.54, 1.807) is 13.8 Å². The van der Waals surface area contributed by atoms with Gasteiger partial charge in [-0.05, 0) is 39.8 Å². The lowest BCUT2D eigenvalue weighted by atomic mass is 9.70. The third-order valence-corrected chi connectivity index (χ3v) is 7.69. The first-order valence-corrected chi connectivity index (χ1v) is 12.9. The summed E-state index contributed by atoms with van der Waals surface area (Å²) in [6.45, 7) is 11.1. The fourth-order valence-corrected chi connectivity index (χ4v) is 5.58. The Morgan fingerprint density at radius 3 is 2.51 bits per heavy atom. The zero-order valence-corrected chi connectivity index (χ0v) is 22.8. The number of hydrogen-bond acceptors (Lipinski definition) is 8. The van der Waals surface area contributed by atoms with Crippen molar-refractivity contribution in [3.63, 3.8) is 0 Å². The van der Waals surface area contributed by atoms with Crippen molar-refractivity contribution in [1.82, 2.24) is 14.9 Å². The van der Waals surface area contributed by atoms with Crippen molar-refractivity contribution >= 4 is 28.4 Å². The highest BCUT2D eigenvalue weighted by molar-refractivity contribution is 6.31. The molecule has 0 bridgehead atoms. The molecule has 202 valence electrons. The number of nitrogens with one attached hydrogen (secondary N) is 1. The van der Waals surface area contributed by atoms with E-state index in [4.69, 9.17) is 9.72 Å². The van der Waals surface area contributed by atoms with E-state index in [0.29, 0.717) is 18.8 Å². The molecule has 1 aromatic heterocycles. The Kier molecular flexibility index (Phi) is 6.13. The van der Waals surface area contributed by atoms with Crippen molar-refractivity contribution in [2.24, 2.45) is 0 Å².